The molecule has 1 spiro atoms. The highest BCUT2D eigenvalue weighted by atomic mass is 16.3. The molecule has 2 aliphatic rings. The maximum Gasteiger partial charge on any atom is 0.239 e. The van der Waals surface area contributed by atoms with Gasteiger partial charge in [-0.1, -0.05) is 0 Å². The highest BCUT2D eigenvalue weighted by molar-refractivity contribution is 5.81. The first-order valence-electron chi connectivity index (χ1n) is 6.71. The Hall–Kier alpha value is -0.610. The Labute approximate surface area is 103 Å². The SMILES string of the molecule is CC(N)C(=O)N1CCC2(CCC(CO)CC2)C1. The number of nitrogens with two attached hydrogens (primary N) is 1. The van der Waals surface area contributed by atoms with Crippen LogP contribution in [0.5, 0.6) is 0 Å². The maximum absolute atomic E-state index is 11.9. The summed E-state index contributed by atoms with van der Waals surface area (Å²) >= 11 is 0. The molecule has 17 heavy (non-hydrogen) atoms. The van der Waals surface area contributed by atoms with Crippen LogP contribution >= 0.6 is 0 Å². The van der Waals surface area contributed by atoms with Crippen LogP contribution in [0.4, 0.5) is 0 Å². The summed E-state index contributed by atoms with van der Waals surface area (Å²) in [6.07, 6.45) is 5.64. The summed E-state index contributed by atoms with van der Waals surface area (Å²) in [6, 6.07) is -0.376. The first kappa shape index (κ1) is 12.8. The Morgan fingerprint density at radius 2 is 2.12 bits per heavy atom. The summed E-state index contributed by atoms with van der Waals surface area (Å²) < 4.78 is 0. The largest absolute Gasteiger partial charge is 0.396 e. The molecule has 0 aromatic heterocycles. The van der Waals surface area contributed by atoms with Crippen molar-refractivity contribution in [3.8, 4) is 0 Å². The van der Waals surface area contributed by atoms with E-state index in [1.165, 1.54) is 0 Å². The van der Waals surface area contributed by atoms with Gasteiger partial charge in [-0.2, -0.15) is 0 Å². The van der Waals surface area contributed by atoms with E-state index < -0.39 is 0 Å². The summed E-state index contributed by atoms with van der Waals surface area (Å²) in [5, 5.41) is 9.15. The molecule has 1 saturated heterocycles. The Bertz CT molecular complexity index is 283. The fraction of sp³-hybridized carbons (Fsp3) is 0.923. The second-order valence-electron chi connectivity index (χ2n) is 5.92. The van der Waals surface area contributed by atoms with Crippen molar-refractivity contribution in [1.29, 1.82) is 0 Å². The number of amides is 1. The number of hydrogen-bond acceptors (Lipinski definition) is 3. The summed E-state index contributed by atoms with van der Waals surface area (Å²) in [5.74, 6) is 0.574. The van der Waals surface area contributed by atoms with Crippen LogP contribution in [-0.2, 0) is 4.79 Å². The first-order chi connectivity index (χ1) is 8.06. The van der Waals surface area contributed by atoms with Gasteiger partial charge in [0.2, 0.25) is 5.91 Å². The fourth-order valence-corrected chi connectivity index (χ4v) is 3.29. The molecule has 0 aromatic carbocycles. The van der Waals surface area contributed by atoms with Gasteiger partial charge in [-0.05, 0) is 50.4 Å². The molecule has 1 saturated carbocycles. The van der Waals surface area contributed by atoms with Crippen molar-refractivity contribution in [3.05, 3.63) is 0 Å². The van der Waals surface area contributed by atoms with Crippen LogP contribution in [0.15, 0.2) is 0 Å². The van der Waals surface area contributed by atoms with E-state index in [1.807, 2.05) is 4.90 Å². The number of carbonyl (C=O) groups excluding carboxylic acids is 1. The number of carbonyl (C=O) groups is 1. The van der Waals surface area contributed by atoms with Gasteiger partial charge in [0.05, 0.1) is 6.04 Å². The van der Waals surface area contributed by atoms with Crippen molar-refractivity contribution >= 4 is 5.91 Å². The number of aliphatic hydroxyl groups is 1. The van der Waals surface area contributed by atoms with Crippen LogP contribution in [0.1, 0.15) is 39.0 Å². The van der Waals surface area contributed by atoms with Gasteiger partial charge in [0, 0.05) is 19.7 Å². The molecule has 2 rings (SSSR count). The molecule has 1 atom stereocenters. The van der Waals surface area contributed by atoms with Gasteiger partial charge in [0.25, 0.3) is 0 Å². The minimum absolute atomic E-state index is 0.0890. The van der Waals surface area contributed by atoms with Crippen LogP contribution in [0.3, 0.4) is 0 Å². The zero-order chi connectivity index (χ0) is 12.5. The van der Waals surface area contributed by atoms with E-state index in [9.17, 15) is 4.79 Å². The number of rotatable bonds is 2. The lowest BCUT2D eigenvalue weighted by molar-refractivity contribution is -0.131. The van der Waals surface area contributed by atoms with Crippen LogP contribution < -0.4 is 5.73 Å². The highest BCUT2D eigenvalue weighted by Gasteiger charge is 2.42. The Morgan fingerprint density at radius 3 is 2.65 bits per heavy atom. The number of hydrogen-bond donors (Lipinski definition) is 2. The van der Waals surface area contributed by atoms with Gasteiger partial charge in [0.1, 0.15) is 0 Å². The zero-order valence-electron chi connectivity index (χ0n) is 10.7. The number of likely N-dealkylation sites (tertiary alicyclic amines) is 1. The molecule has 1 aliphatic heterocycles. The quantitative estimate of drug-likeness (QED) is 0.748. The third-order valence-electron chi connectivity index (χ3n) is 4.56. The van der Waals surface area contributed by atoms with Gasteiger partial charge >= 0.3 is 0 Å². The van der Waals surface area contributed by atoms with Crippen molar-refractivity contribution in [1.82, 2.24) is 4.90 Å². The van der Waals surface area contributed by atoms with Crippen molar-refractivity contribution < 1.29 is 9.90 Å². The van der Waals surface area contributed by atoms with Crippen LogP contribution in [0, 0.1) is 11.3 Å². The minimum atomic E-state index is -0.376. The van der Waals surface area contributed by atoms with Gasteiger partial charge in [-0.3, -0.25) is 4.79 Å². The van der Waals surface area contributed by atoms with Crippen molar-refractivity contribution in [3.63, 3.8) is 0 Å². The molecule has 1 aliphatic carbocycles. The topological polar surface area (TPSA) is 66.6 Å². The normalized spacial score (nSPS) is 35.2. The van der Waals surface area contributed by atoms with E-state index >= 15 is 0 Å². The average Bonchev–Trinajstić information content (AvgIpc) is 2.73. The Kier molecular flexibility index (Phi) is 3.73. The van der Waals surface area contributed by atoms with Crippen molar-refractivity contribution in [2.45, 2.75) is 45.1 Å². The van der Waals surface area contributed by atoms with E-state index in [4.69, 9.17) is 10.8 Å². The summed E-state index contributed by atoms with van der Waals surface area (Å²) in [6.45, 7) is 3.82. The predicted molar refractivity (Wildman–Crippen MR) is 66.3 cm³/mol. The molecule has 1 unspecified atom stereocenters. The second kappa shape index (κ2) is 4.94. The number of aliphatic hydroxyl groups excluding tert-OH is 1. The Morgan fingerprint density at radius 1 is 1.47 bits per heavy atom. The van der Waals surface area contributed by atoms with Crippen molar-refractivity contribution in [2.24, 2.45) is 17.1 Å². The van der Waals surface area contributed by atoms with E-state index in [0.29, 0.717) is 17.9 Å². The van der Waals surface area contributed by atoms with Crippen LogP contribution in [-0.4, -0.2) is 41.7 Å². The molecule has 0 bridgehead atoms. The predicted octanol–water partition coefficient (Wildman–Crippen LogP) is 0.735. The summed E-state index contributed by atoms with van der Waals surface area (Å²) in [5.41, 5.74) is 5.98. The lowest BCUT2D eigenvalue weighted by Gasteiger charge is -2.36. The average molecular weight is 240 g/mol. The molecule has 1 heterocycles. The minimum Gasteiger partial charge on any atom is -0.396 e. The zero-order valence-corrected chi connectivity index (χ0v) is 10.7. The molecular formula is C13H24N2O2. The van der Waals surface area contributed by atoms with Gasteiger partial charge in [-0.25, -0.2) is 0 Å². The smallest absolute Gasteiger partial charge is 0.239 e. The van der Waals surface area contributed by atoms with Gasteiger partial charge in [0.15, 0.2) is 0 Å². The third kappa shape index (κ3) is 2.63. The number of nitrogens with zero attached hydrogens (tertiary/aromatic N) is 1. The van der Waals surface area contributed by atoms with E-state index in [-0.39, 0.29) is 11.9 Å². The molecule has 1 amide bonds. The van der Waals surface area contributed by atoms with Gasteiger partial charge < -0.3 is 15.7 Å². The van der Waals surface area contributed by atoms with Crippen molar-refractivity contribution in [2.75, 3.05) is 19.7 Å². The molecular weight excluding hydrogens is 216 g/mol. The van der Waals surface area contributed by atoms with E-state index in [2.05, 4.69) is 0 Å². The monoisotopic (exact) mass is 240 g/mol. The molecule has 2 fully saturated rings. The van der Waals surface area contributed by atoms with E-state index in [0.717, 1.165) is 45.2 Å². The van der Waals surface area contributed by atoms with Gasteiger partial charge in [-0.15, -0.1) is 0 Å². The molecule has 0 aromatic rings. The van der Waals surface area contributed by atoms with Crippen LogP contribution in [0.25, 0.3) is 0 Å². The van der Waals surface area contributed by atoms with E-state index in [1.54, 1.807) is 6.92 Å². The summed E-state index contributed by atoms with van der Waals surface area (Å²) in [7, 11) is 0. The van der Waals surface area contributed by atoms with Crippen LogP contribution in [0.2, 0.25) is 0 Å². The maximum atomic E-state index is 11.9. The second-order valence-corrected chi connectivity index (χ2v) is 5.92. The first-order valence-corrected chi connectivity index (χ1v) is 6.71. The molecule has 98 valence electrons. The fourth-order valence-electron chi connectivity index (χ4n) is 3.29. The lowest BCUT2D eigenvalue weighted by atomic mass is 9.70. The molecule has 4 nitrogen and oxygen atoms in total. The Balaban J connectivity index is 1.91. The third-order valence-corrected chi connectivity index (χ3v) is 4.56. The molecule has 4 heteroatoms. The molecule has 0 radical (unpaired) electrons. The lowest BCUT2D eigenvalue weighted by Crippen LogP contribution is -2.42. The summed E-state index contributed by atoms with van der Waals surface area (Å²) in [4.78, 5) is 13.8. The molecule has 3 N–H and O–H groups in total. The standard InChI is InChI=1S/C13H24N2O2/c1-10(14)12(17)15-7-6-13(9-15)4-2-11(8-16)3-5-13/h10-11,16H,2-9,14H2,1H3. The highest BCUT2D eigenvalue weighted by Crippen LogP contribution is 2.45.